The normalized spacial score (nSPS) is 10.6. The Hall–Kier alpha value is -2.69. The highest BCUT2D eigenvalue weighted by Gasteiger charge is 2.13. The van der Waals surface area contributed by atoms with Crippen LogP contribution < -0.4 is 5.73 Å². The topological polar surface area (TPSA) is 77.8 Å². The molecule has 0 aliphatic carbocycles. The third-order valence-electron chi connectivity index (χ3n) is 2.73. The third kappa shape index (κ3) is 2.18. The number of nitrogen functional groups attached to an aromatic ring is 1. The van der Waals surface area contributed by atoms with Crippen molar-refractivity contribution in [3.63, 3.8) is 0 Å². The van der Waals surface area contributed by atoms with Crippen molar-refractivity contribution in [1.29, 1.82) is 0 Å². The van der Waals surface area contributed by atoms with Gasteiger partial charge in [0.05, 0.1) is 5.56 Å². The predicted octanol–water partition coefficient (Wildman–Crippen LogP) is 2.69. The van der Waals surface area contributed by atoms with Gasteiger partial charge < -0.3 is 10.2 Å². The molecule has 0 unspecified atom stereocenters. The Labute approximate surface area is 110 Å². The summed E-state index contributed by atoms with van der Waals surface area (Å²) in [6, 6.07) is 11.5. The predicted molar refractivity (Wildman–Crippen MR) is 72.1 cm³/mol. The lowest BCUT2D eigenvalue weighted by Gasteiger charge is -2.00. The van der Waals surface area contributed by atoms with E-state index < -0.39 is 0 Å². The van der Waals surface area contributed by atoms with Gasteiger partial charge in [0, 0.05) is 11.8 Å². The Bertz CT molecular complexity index is 706. The average molecular weight is 252 g/mol. The minimum atomic E-state index is 0.382. The maximum absolute atomic E-state index is 5.83. The number of pyridine rings is 1. The van der Waals surface area contributed by atoms with E-state index in [0.717, 1.165) is 11.1 Å². The van der Waals surface area contributed by atoms with Crippen molar-refractivity contribution in [2.75, 3.05) is 5.73 Å². The van der Waals surface area contributed by atoms with Crippen molar-refractivity contribution in [1.82, 2.24) is 15.2 Å². The van der Waals surface area contributed by atoms with E-state index in [4.69, 9.17) is 10.2 Å². The van der Waals surface area contributed by atoms with Crippen molar-refractivity contribution < 1.29 is 4.42 Å². The largest absolute Gasteiger partial charge is 0.416 e. The highest BCUT2D eigenvalue weighted by molar-refractivity contribution is 5.68. The zero-order valence-electron chi connectivity index (χ0n) is 10.4. The molecule has 2 heterocycles. The number of hydrogen-bond acceptors (Lipinski definition) is 5. The highest BCUT2D eigenvalue weighted by atomic mass is 16.4. The highest BCUT2D eigenvalue weighted by Crippen LogP contribution is 2.27. The van der Waals surface area contributed by atoms with Crippen LogP contribution in [-0.2, 0) is 0 Å². The van der Waals surface area contributed by atoms with E-state index in [1.165, 1.54) is 0 Å². The number of aromatic nitrogens is 3. The molecule has 0 bridgehead atoms. The van der Waals surface area contributed by atoms with Crippen LogP contribution in [0, 0.1) is 6.92 Å². The number of nitrogens with two attached hydrogens (primary N) is 1. The van der Waals surface area contributed by atoms with Crippen LogP contribution >= 0.6 is 0 Å². The van der Waals surface area contributed by atoms with E-state index in [-0.39, 0.29) is 0 Å². The van der Waals surface area contributed by atoms with Crippen LogP contribution in [0.15, 0.2) is 47.0 Å². The second kappa shape index (κ2) is 4.53. The monoisotopic (exact) mass is 252 g/mol. The Morgan fingerprint density at radius 2 is 1.79 bits per heavy atom. The van der Waals surface area contributed by atoms with Crippen LogP contribution in [0.5, 0.6) is 0 Å². The zero-order chi connectivity index (χ0) is 13.2. The summed E-state index contributed by atoms with van der Waals surface area (Å²) in [6.45, 7) is 1.93. The number of anilines is 1. The van der Waals surface area contributed by atoms with E-state index in [9.17, 15) is 0 Å². The molecule has 0 amide bonds. The van der Waals surface area contributed by atoms with Crippen molar-refractivity contribution in [3.05, 3.63) is 48.2 Å². The minimum absolute atomic E-state index is 0.382. The average Bonchev–Trinajstić information content (AvgIpc) is 2.92. The van der Waals surface area contributed by atoms with Crippen LogP contribution in [0.2, 0.25) is 0 Å². The van der Waals surface area contributed by atoms with Crippen LogP contribution in [-0.4, -0.2) is 15.2 Å². The Morgan fingerprint density at radius 3 is 2.58 bits per heavy atom. The van der Waals surface area contributed by atoms with E-state index in [1.807, 2.05) is 43.3 Å². The molecule has 1 aromatic carbocycles. The number of aryl methyl sites for hydroxylation is 1. The molecule has 3 aromatic rings. The summed E-state index contributed by atoms with van der Waals surface area (Å²) in [6.07, 6.45) is 1.70. The summed E-state index contributed by atoms with van der Waals surface area (Å²) in [5.74, 6) is 1.23. The molecule has 0 aliphatic heterocycles. The molecular formula is C14H12N4O. The molecule has 0 saturated carbocycles. The SMILES string of the molecule is Cc1cnc(N)c(-c2nnc(-c3ccccc3)o2)c1. The second-order valence-corrected chi connectivity index (χ2v) is 4.22. The summed E-state index contributed by atoms with van der Waals surface area (Å²) >= 11 is 0. The van der Waals surface area contributed by atoms with Gasteiger partial charge in [-0.25, -0.2) is 4.98 Å². The Morgan fingerprint density at radius 1 is 1.05 bits per heavy atom. The number of hydrogen-bond donors (Lipinski definition) is 1. The quantitative estimate of drug-likeness (QED) is 0.758. The molecule has 0 atom stereocenters. The van der Waals surface area contributed by atoms with Gasteiger partial charge in [-0.2, -0.15) is 0 Å². The van der Waals surface area contributed by atoms with Crippen LogP contribution in [0.4, 0.5) is 5.82 Å². The van der Waals surface area contributed by atoms with E-state index in [0.29, 0.717) is 23.2 Å². The minimum Gasteiger partial charge on any atom is -0.416 e. The van der Waals surface area contributed by atoms with Crippen molar-refractivity contribution in [3.8, 4) is 22.9 Å². The molecule has 0 saturated heterocycles. The summed E-state index contributed by atoms with van der Waals surface area (Å²) in [5.41, 5.74) is 8.36. The molecule has 2 aromatic heterocycles. The van der Waals surface area contributed by atoms with Gasteiger partial charge in [0.2, 0.25) is 5.89 Å². The van der Waals surface area contributed by atoms with Crippen molar-refractivity contribution >= 4 is 5.82 Å². The summed E-state index contributed by atoms with van der Waals surface area (Å²) in [4.78, 5) is 4.09. The smallest absolute Gasteiger partial charge is 0.251 e. The molecule has 0 radical (unpaired) electrons. The second-order valence-electron chi connectivity index (χ2n) is 4.22. The van der Waals surface area contributed by atoms with Gasteiger partial charge in [-0.1, -0.05) is 18.2 Å². The molecule has 94 valence electrons. The molecular weight excluding hydrogens is 240 g/mol. The number of rotatable bonds is 2. The first-order chi connectivity index (χ1) is 9.24. The van der Waals surface area contributed by atoms with Crippen LogP contribution in [0.25, 0.3) is 22.9 Å². The Kier molecular flexibility index (Phi) is 2.72. The molecule has 19 heavy (non-hydrogen) atoms. The maximum atomic E-state index is 5.83. The fraction of sp³-hybridized carbons (Fsp3) is 0.0714. The van der Waals surface area contributed by atoms with E-state index in [1.54, 1.807) is 6.20 Å². The van der Waals surface area contributed by atoms with E-state index in [2.05, 4.69) is 15.2 Å². The Balaban J connectivity index is 2.04. The zero-order valence-corrected chi connectivity index (χ0v) is 10.4. The number of nitrogens with zero attached hydrogens (tertiary/aromatic N) is 3. The van der Waals surface area contributed by atoms with E-state index >= 15 is 0 Å². The molecule has 0 fully saturated rings. The third-order valence-corrected chi connectivity index (χ3v) is 2.73. The summed E-state index contributed by atoms with van der Waals surface area (Å²) in [7, 11) is 0. The van der Waals surface area contributed by atoms with Gasteiger partial charge in [0.1, 0.15) is 5.82 Å². The fourth-order valence-corrected chi connectivity index (χ4v) is 1.78. The lowest BCUT2D eigenvalue weighted by Crippen LogP contribution is -1.94. The number of benzene rings is 1. The summed E-state index contributed by atoms with van der Waals surface area (Å²) < 4.78 is 5.65. The molecule has 3 rings (SSSR count). The maximum Gasteiger partial charge on any atom is 0.251 e. The van der Waals surface area contributed by atoms with Crippen molar-refractivity contribution in [2.24, 2.45) is 0 Å². The molecule has 0 aliphatic rings. The van der Waals surface area contributed by atoms with Gasteiger partial charge in [0.25, 0.3) is 5.89 Å². The molecule has 5 heteroatoms. The summed E-state index contributed by atoms with van der Waals surface area (Å²) in [5, 5.41) is 8.06. The molecule has 2 N–H and O–H groups in total. The van der Waals surface area contributed by atoms with Gasteiger partial charge >= 0.3 is 0 Å². The fourth-order valence-electron chi connectivity index (χ4n) is 1.78. The van der Waals surface area contributed by atoms with Gasteiger partial charge in [0.15, 0.2) is 0 Å². The first-order valence-corrected chi connectivity index (χ1v) is 5.85. The van der Waals surface area contributed by atoms with Gasteiger partial charge in [-0.05, 0) is 30.7 Å². The van der Waals surface area contributed by atoms with Crippen LogP contribution in [0.3, 0.4) is 0 Å². The van der Waals surface area contributed by atoms with Crippen molar-refractivity contribution in [2.45, 2.75) is 6.92 Å². The molecule has 5 nitrogen and oxygen atoms in total. The standard InChI is InChI=1S/C14H12N4O/c1-9-7-11(12(15)16-8-9)14-18-17-13(19-14)10-5-3-2-4-6-10/h2-8H,1H3,(H2,15,16). The first-order valence-electron chi connectivity index (χ1n) is 5.85. The molecule has 0 spiro atoms. The van der Waals surface area contributed by atoms with Crippen LogP contribution in [0.1, 0.15) is 5.56 Å². The van der Waals surface area contributed by atoms with Gasteiger partial charge in [-0.3, -0.25) is 0 Å². The lowest BCUT2D eigenvalue weighted by molar-refractivity contribution is 0.584. The lowest BCUT2D eigenvalue weighted by atomic mass is 10.2. The van der Waals surface area contributed by atoms with Gasteiger partial charge in [-0.15, -0.1) is 10.2 Å². The first kappa shape index (κ1) is 11.4.